The molecule has 0 aliphatic rings. The van der Waals surface area contributed by atoms with Gasteiger partial charge in [-0.2, -0.15) is 0 Å². The lowest BCUT2D eigenvalue weighted by Gasteiger charge is -2.21. The molecule has 0 radical (unpaired) electrons. The number of carbonyl (C=O) groups is 4. The van der Waals surface area contributed by atoms with Gasteiger partial charge in [0.05, 0.1) is 26.4 Å². The minimum atomic E-state index is -4.96. The van der Waals surface area contributed by atoms with Gasteiger partial charge < -0.3 is 33.8 Å². The summed E-state index contributed by atoms with van der Waals surface area (Å²) in [6, 6.07) is 0. The van der Waals surface area contributed by atoms with Gasteiger partial charge >= 0.3 is 39.5 Å². The van der Waals surface area contributed by atoms with Crippen molar-refractivity contribution in [2.24, 2.45) is 11.8 Å². The van der Waals surface area contributed by atoms with E-state index < -0.39 is 97.5 Å². The molecule has 0 aliphatic heterocycles. The van der Waals surface area contributed by atoms with E-state index in [1.165, 1.54) is 199 Å². The summed E-state index contributed by atoms with van der Waals surface area (Å²) < 4.78 is 68.4. The van der Waals surface area contributed by atoms with E-state index in [1.807, 2.05) is 0 Å². The molecule has 558 valence electrons. The maximum absolute atomic E-state index is 13.1. The van der Waals surface area contributed by atoms with Gasteiger partial charge in [0.2, 0.25) is 0 Å². The van der Waals surface area contributed by atoms with E-state index in [1.54, 1.807) is 0 Å². The summed E-state index contributed by atoms with van der Waals surface area (Å²) in [6.45, 7) is 9.50. The van der Waals surface area contributed by atoms with Crippen molar-refractivity contribution in [1.29, 1.82) is 0 Å². The van der Waals surface area contributed by atoms with Gasteiger partial charge in [-0.1, -0.05) is 337 Å². The lowest BCUT2D eigenvalue weighted by atomic mass is 10.0. The van der Waals surface area contributed by atoms with Crippen LogP contribution in [0.15, 0.2) is 0 Å². The second-order valence-corrected chi connectivity index (χ2v) is 30.9. The summed E-state index contributed by atoms with van der Waals surface area (Å²) in [5.41, 5.74) is 0. The van der Waals surface area contributed by atoms with Gasteiger partial charge in [-0.25, -0.2) is 9.13 Å². The third-order valence-corrected chi connectivity index (χ3v) is 19.4. The van der Waals surface area contributed by atoms with Gasteiger partial charge in [0.1, 0.15) is 19.3 Å². The third-order valence-electron chi connectivity index (χ3n) is 17.5. The molecule has 0 aromatic heterocycles. The number of phosphoric ester groups is 2. The standard InChI is InChI=1S/C75H146O17P2/c1-7-9-11-13-15-17-19-20-21-22-23-24-25-26-27-28-30-34-41-48-54-60-75(80)91-70(63-85-72(77)57-51-45-39-35-31-32-37-43-49-55-67(3)4)65-89-93(81,82)87-61-69(76)62-88-94(83,84)90-66-71(64-86-73(78)58-52-46-42-36-38-44-50-56-68(5)6)92-74(79)59-53-47-40-33-29-18-16-14-12-10-8-2/h67-71,76H,7-66H2,1-6H3,(H,81,82)(H,83,84)/t69-,70-,71-/m1/s1. The molecule has 0 heterocycles. The van der Waals surface area contributed by atoms with Crippen LogP contribution in [-0.2, 0) is 65.4 Å². The van der Waals surface area contributed by atoms with E-state index in [2.05, 4.69) is 41.5 Å². The molecule has 19 heteroatoms. The van der Waals surface area contributed by atoms with Gasteiger partial charge in [0.25, 0.3) is 0 Å². The second kappa shape index (κ2) is 66.9. The average molecular weight is 1380 g/mol. The summed E-state index contributed by atoms with van der Waals surface area (Å²) in [5, 5.41) is 10.6. The first-order chi connectivity index (χ1) is 45.4. The number of ether oxygens (including phenoxy) is 4. The number of rotatable bonds is 74. The molecule has 5 atom stereocenters. The fourth-order valence-electron chi connectivity index (χ4n) is 11.5. The predicted octanol–water partition coefficient (Wildman–Crippen LogP) is 21.9. The van der Waals surface area contributed by atoms with E-state index in [9.17, 15) is 43.2 Å². The number of aliphatic hydroxyl groups is 1. The van der Waals surface area contributed by atoms with Crippen LogP contribution in [0.2, 0.25) is 0 Å². The molecule has 3 N–H and O–H groups in total. The van der Waals surface area contributed by atoms with Gasteiger partial charge in [0.15, 0.2) is 12.2 Å². The maximum atomic E-state index is 13.1. The van der Waals surface area contributed by atoms with Crippen molar-refractivity contribution in [3.8, 4) is 0 Å². The summed E-state index contributed by atoms with van der Waals surface area (Å²) in [5.74, 6) is -0.670. The number of hydrogen-bond acceptors (Lipinski definition) is 15. The van der Waals surface area contributed by atoms with E-state index in [4.69, 9.17) is 37.0 Å². The number of esters is 4. The SMILES string of the molecule is CCCCCCCCCCCCCCCCCCCCCCCC(=O)O[C@H](COC(=O)CCCCCCCCCCCC(C)C)COP(=O)(O)OC[C@@H](O)COP(=O)(O)OC[C@@H](COC(=O)CCCCCCCCCC(C)C)OC(=O)CCCCCCCCCCCCC. The zero-order valence-corrected chi connectivity index (χ0v) is 63.1. The van der Waals surface area contributed by atoms with Crippen LogP contribution in [-0.4, -0.2) is 96.7 Å². The Bertz CT molecular complexity index is 1820. The van der Waals surface area contributed by atoms with E-state index in [0.29, 0.717) is 31.6 Å². The van der Waals surface area contributed by atoms with Gasteiger partial charge in [0, 0.05) is 25.7 Å². The number of unbranched alkanes of at least 4 members (excludes halogenated alkanes) is 44. The van der Waals surface area contributed by atoms with Crippen molar-refractivity contribution in [2.75, 3.05) is 39.6 Å². The van der Waals surface area contributed by atoms with Crippen molar-refractivity contribution < 1.29 is 80.2 Å². The molecule has 0 bridgehead atoms. The average Bonchev–Trinajstić information content (AvgIpc) is 1.34. The first-order valence-corrected chi connectivity index (χ1v) is 42.0. The molecule has 2 unspecified atom stereocenters. The number of hydrogen-bond donors (Lipinski definition) is 3. The molecule has 0 spiro atoms. The molecule has 0 rings (SSSR count). The molecule has 94 heavy (non-hydrogen) atoms. The number of carbonyl (C=O) groups excluding carboxylic acids is 4. The van der Waals surface area contributed by atoms with Crippen LogP contribution < -0.4 is 0 Å². The predicted molar refractivity (Wildman–Crippen MR) is 381 cm³/mol. The van der Waals surface area contributed by atoms with Crippen LogP contribution >= 0.6 is 15.6 Å². The summed E-state index contributed by atoms with van der Waals surface area (Å²) in [7, 11) is -9.91. The topological polar surface area (TPSA) is 237 Å². The van der Waals surface area contributed by atoms with Gasteiger partial charge in [-0.3, -0.25) is 37.3 Å². The van der Waals surface area contributed by atoms with Crippen LogP contribution in [0.5, 0.6) is 0 Å². The Hall–Kier alpha value is -1.94. The van der Waals surface area contributed by atoms with Crippen LogP contribution in [0.1, 0.15) is 388 Å². The zero-order chi connectivity index (χ0) is 69.3. The van der Waals surface area contributed by atoms with Crippen molar-refractivity contribution in [3.05, 3.63) is 0 Å². The Morgan fingerprint density at radius 3 is 0.723 bits per heavy atom. The Morgan fingerprint density at radius 2 is 0.489 bits per heavy atom. The van der Waals surface area contributed by atoms with Gasteiger partial charge in [-0.15, -0.1) is 0 Å². The summed E-state index contributed by atoms with van der Waals surface area (Å²) >= 11 is 0. The molecular weight excluding hydrogens is 1230 g/mol. The van der Waals surface area contributed by atoms with Crippen molar-refractivity contribution in [3.63, 3.8) is 0 Å². The third kappa shape index (κ3) is 68.6. The highest BCUT2D eigenvalue weighted by Crippen LogP contribution is 2.45. The molecule has 0 fully saturated rings. The molecule has 0 amide bonds. The first kappa shape index (κ1) is 92.1. The summed E-state index contributed by atoms with van der Waals surface area (Å²) in [6.07, 6.45) is 54.3. The minimum Gasteiger partial charge on any atom is -0.462 e. The second-order valence-electron chi connectivity index (χ2n) is 28.0. The van der Waals surface area contributed by atoms with Crippen LogP contribution in [0.3, 0.4) is 0 Å². The highest BCUT2D eigenvalue weighted by atomic mass is 31.2. The maximum Gasteiger partial charge on any atom is 0.472 e. The molecule has 17 nitrogen and oxygen atoms in total. The molecule has 0 aromatic carbocycles. The van der Waals surface area contributed by atoms with Gasteiger partial charge in [-0.05, 0) is 37.5 Å². The first-order valence-electron chi connectivity index (χ1n) is 39.0. The zero-order valence-electron chi connectivity index (χ0n) is 61.3. The van der Waals surface area contributed by atoms with Crippen LogP contribution in [0.4, 0.5) is 0 Å². The normalized spacial score (nSPS) is 14.0. The van der Waals surface area contributed by atoms with Crippen molar-refractivity contribution >= 4 is 39.5 Å². The van der Waals surface area contributed by atoms with Crippen molar-refractivity contribution in [1.82, 2.24) is 0 Å². The quantitative estimate of drug-likeness (QED) is 0.0222. The fraction of sp³-hybridized carbons (Fsp3) is 0.947. The minimum absolute atomic E-state index is 0.106. The monoisotopic (exact) mass is 1380 g/mol. The number of aliphatic hydroxyl groups excluding tert-OH is 1. The highest BCUT2D eigenvalue weighted by Gasteiger charge is 2.30. The van der Waals surface area contributed by atoms with Crippen LogP contribution in [0, 0.1) is 11.8 Å². The summed E-state index contributed by atoms with van der Waals surface area (Å²) in [4.78, 5) is 72.7. The largest absolute Gasteiger partial charge is 0.472 e. The van der Waals surface area contributed by atoms with E-state index in [-0.39, 0.29) is 25.7 Å². The Balaban J connectivity index is 5.18. The highest BCUT2D eigenvalue weighted by molar-refractivity contribution is 7.47. The molecule has 0 aromatic rings. The van der Waals surface area contributed by atoms with Crippen LogP contribution in [0.25, 0.3) is 0 Å². The number of phosphoric acid groups is 2. The lowest BCUT2D eigenvalue weighted by molar-refractivity contribution is -0.161. The molecule has 0 saturated heterocycles. The Morgan fingerprint density at radius 1 is 0.287 bits per heavy atom. The lowest BCUT2D eigenvalue weighted by Crippen LogP contribution is -2.30. The Kier molecular flexibility index (Phi) is 65.5. The molecule has 0 saturated carbocycles. The smallest absolute Gasteiger partial charge is 0.462 e. The van der Waals surface area contributed by atoms with E-state index >= 15 is 0 Å². The molecule has 0 aliphatic carbocycles. The van der Waals surface area contributed by atoms with Crippen molar-refractivity contribution in [2.45, 2.75) is 407 Å². The Labute approximate surface area is 575 Å². The fourth-order valence-corrected chi connectivity index (χ4v) is 13.1. The molecular formula is C75H146O17P2. The van der Waals surface area contributed by atoms with E-state index in [0.717, 1.165) is 102 Å².